The molecule has 0 unspecified atom stereocenters. The van der Waals surface area contributed by atoms with E-state index in [4.69, 9.17) is 13.9 Å². The fourth-order valence-electron chi connectivity index (χ4n) is 1.19. The molecule has 0 aromatic carbocycles. The average Bonchev–Trinajstić information content (AvgIpc) is 2.47. The topological polar surface area (TPSA) is 80.6 Å². The Morgan fingerprint density at radius 2 is 2.07 bits per heavy atom. The summed E-state index contributed by atoms with van der Waals surface area (Å²) in [7, 11) is 0. The number of carbonyl (C=O) groups is 1. The summed E-state index contributed by atoms with van der Waals surface area (Å²) in [6, 6.07) is 2.63. The molecule has 0 saturated heterocycles. The molecule has 0 fully saturated rings. The fourth-order valence-corrected chi connectivity index (χ4v) is 1.19. The molecule has 2 aromatic rings. The molecular formula is C9H6O5. The van der Waals surface area contributed by atoms with Crippen LogP contribution in [-0.2, 0) is 0 Å². The Labute approximate surface area is 77.6 Å². The molecule has 72 valence electrons. The highest BCUT2D eigenvalue weighted by molar-refractivity contribution is 5.90. The summed E-state index contributed by atoms with van der Waals surface area (Å²) in [6.45, 7) is 1.59. The van der Waals surface area contributed by atoms with Crippen molar-refractivity contribution in [2.45, 2.75) is 6.92 Å². The van der Waals surface area contributed by atoms with Gasteiger partial charge in [0.15, 0.2) is 0 Å². The van der Waals surface area contributed by atoms with Gasteiger partial charge in [-0.1, -0.05) is 0 Å². The largest absolute Gasteiger partial charge is 0.475 e. The van der Waals surface area contributed by atoms with E-state index in [2.05, 4.69) is 0 Å². The molecule has 0 aliphatic carbocycles. The van der Waals surface area contributed by atoms with Crippen molar-refractivity contribution in [2.75, 3.05) is 0 Å². The second-order valence-electron chi connectivity index (χ2n) is 2.84. The van der Waals surface area contributed by atoms with E-state index in [0.717, 1.165) is 6.07 Å². The second-order valence-corrected chi connectivity index (χ2v) is 2.84. The van der Waals surface area contributed by atoms with Crippen LogP contribution in [0, 0.1) is 6.92 Å². The molecule has 0 atom stereocenters. The van der Waals surface area contributed by atoms with Crippen molar-refractivity contribution in [2.24, 2.45) is 0 Å². The number of hydrogen-bond acceptors (Lipinski definition) is 4. The van der Waals surface area contributed by atoms with E-state index in [0.29, 0.717) is 5.76 Å². The van der Waals surface area contributed by atoms with Crippen LogP contribution in [0.1, 0.15) is 16.3 Å². The van der Waals surface area contributed by atoms with Gasteiger partial charge >= 0.3 is 11.6 Å². The Morgan fingerprint density at radius 1 is 1.36 bits per heavy atom. The maximum Gasteiger partial charge on any atom is 0.371 e. The second kappa shape index (κ2) is 2.73. The molecular weight excluding hydrogens is 188 g/mol. The minimum absolute atomic E-state index is 0.146. The standard InChI is InChI=1S/C9H6O5/c1-4-2-6-5(9(12)13-4)3-7(14-6)8(10)11/h2-3H,1H3,(H,10,11). The molecule has 2 aromatic heterocycles. The van der Waals surface area contributed by atoms with Gasteiger partial charge < -0.3 is 13.9 Å². The van der Waals surface area contributed by atoms with Crippen LogP contribution >= 0.6 is 0 Å². The minimum atomic E-state index is -1.21. The van der Waals surface area contributed by atoms with E-state index in [1.54, 1.807) is 6.92 Å². The zero-order chi connectivity index (χ0) is 10.3. The molecule has 0 amide bonds. The Kier molecular flexibility index (Phi) is 1.67. The van der Waals surface area contributed by atoms with Crippen molar-refractivity contribution in [3.05, 3.63) is 34.1 Å². The highest BCUT2D eigenvalue weighted by atomic mass is 16.4. The van der Waals surface area contributed by atoms with Crippen LogP contribution in [0.2, 0.25) is 0 Å². The zero-order valence-electron chi connectivity index (χ0n) is 7.23. The van der Waals surface area contributed by atoms with Gasteiger partial charge in [-0.05, 0) is 6.92 Å². The first kappa shape index (κ1) is 8.55. The number of rotatable bonds is 1. The lowest BCUT2D eigenvalue weighted by atomic mass is 10.3. The van der Waals surface area contributed by atoms with E-state index in [1.807, 2.05) is 0 Å². The van der Waals surface area contributed by atoms with Gasteiger partial charge in [-0.3, -0.25) is 0 Å². The number of carboxylic acid groups (broad SMARTS) is 1. The number of aryl methyl sites for hydroxylation is 1. The third kappa shape index (κ3) is 1.19. The van der Waals surface area contributed by atoms with Crippen LogP contribution in [0.5, 0.6) is 0 Å². The normalized spacial score (nSPS) is 10.6. The first-order valence-corrected chi connectivity index (χ1v) is 3.85. The number of aromatic carboxylic acids is 1. The zero-order valence-corrected chi connectivity index (χ0v) is 7.23. The van der Waals surface area contributed by atoms with Crippen LogP contribution in [0.4, 0.5) is 0 Å². The van der Waals surface area contributed by atoms with Crippen molar-refractivity contribution < 1.29 is 18.7 Å². The lowest BCUT2D eigenvalue weighted by Gasteiger charge is -1.88. The van der Waals surface area contributed by atoms with Crippen molar-refractivity contribution in [3.63, 3.8) is 0 Å². The molecule has 0 bridgehead atoms. The Hall–Kier alpha value is -2.04. The summed E-state index contributed by atoms with van der Waals surface area (Å²) < 4.78 is 9.71. The van der Waals surface area contributed by atoms with E-state index in [9.17, 15) is 9.59 Å². The van der Waals surface area contributed by atoms with Crippen LogP contribution in [0.25, 0.3) is 11.0 Å². The van der Waals surface area contributed by atoms with Crippen molar-refractivity contribution in [3.8, 4) is 0 Å². The number of furan rings is 1. The number of hydrogen-bond donors (Lipinski definition) is 1. The molecule has 0 radical (unpaired) electrons. The van der Waals surface area contributed by atoms with Crippen LogP contribution in [0.15, 0.2) is 25.8 Å². The summed E-state index contributed by atoms with van der Waals surface area (Å²) in [5.41, 5.74) is -0.354. The van der Waals surface area contributed by atoms with Gasteiger partial charge in [0, 0.05) is 12.1 Å². The quantitative estimate of drug-likeness (QED) is 0.741. The van der Waals surface area contributed by atoms with Crippen LogP contribution in [-0.4, -0.2) is 11.1 Å². The molecule has 14 heavy (non-hydrogen) atoms. The van der Waals surface area contributed by atoms with E-state index in [1.165, 1.54) is 6.07 Å². The van der Waals surface area contributed by atoms with Gasteiger partial charge in [-0.25, -0.2) is 9.59 Å². The summed E-state index contributed by atoms with van der Waals surface area (Å²) >= 11 is 0. The molecule has 5 nitrogen and oxygen atoms in total. The minimum Gasteiger partial charge on any atom is -0.475 e. The average molecular weight is 194 g/mol. The Morgan fingerprint density at radius 3 is 2.71 bits per heavy atom. The van der Waals surface area contributed by atoms with Crippen LogP contribution < -0.4 is 5.63 Å². The summed E-state index contributed by atoms with van der Waals surface area (Å²) in [5, 5.41) is 8.77. The van der Waals surface area contributed by atoms with Gasteiger partial charge in [0.1, 0.15) is 16.7 Å². The Bertz CT molecular complexity index is 560. The van der Waals surface area contributed by atoms with E-state index in [-0.39, 0.29) is 16.7 Å². The molecule has 1 N–H and O–H groups in total. The third-order valence-corrected chi connectivity index (χ3v) is 1.78. The maximum atomic E-state index is 11.2. The lowest BCUT2D eigenvalue weighted by Crippen LogP contribution is -1.97. The lowest BCUT2D eigenvalue weighted by molar-refractivity contribution is 0.0665. The highest BCUT2D eigenvalue weighted by Gasteiger charge is 2.13. The van der Waals surface area contributed by atoms with Crippen molar-refractivity contribution in [1.29, 1.82) is 0 Å². The fraction of sp³-hybridized carbons (Fsp3) is 0.111. The maximum absolute atomic E-state index is 11.2. The molecule has 0 aliphatic rings. The van der Waals surface area contributed by atoms with Gasteiger partial charge in [0.05, 0.1) is 0 Å². The summed E-state index contributed by atoms with van der Waals surface area (Å²) in [5.74, 6) is -1.09. The molecule has 0 saturated carbocycles. The molecule has 5 heteroatoms. The SMILES string of the molecule is Cc1cc2oc(C(=O)O)cc2c(=O)o1. The number of carboxylic acids is 1. The van der Waals surface area contributed by atoms with Gasteiger partial charge in [0.25, 0.3) is 0 Å². The summed E-state index contributed by atoms with van der Waals surface area (Å²) in [6.07, 6.45) is 0. The van der Waals surface area contributed by atoms with E-state index >= 15 is 0 Å². The monoisotopic (exact) mass is 194 g/mol. The van der Waals surface area contributed by atoms with Crippen LogP contribution in [0.3, 0.4) is 0 Å². The van der Waals surface area contributed by atoms with Crippen molar-refractivity contribution >= 4 is 16.9 Å². The molecule has 2 rings (SSSR count). The first-order valence-electron chi connectivity index (χ1n) is 3.85. The van der Waals surface area contributed by atoms with Crippen molar-refractivity contribution in [1.82, 2.24) is 0 Å². The smallest absolute Gasteiger partial charge is 0.371 e. The van der Waals surface area contributed by atoms with E-state index < -0.39 is 11.6 Å². The van der Waals surface area contributed by atoms with Gasteiger partial charge in [0.2, 0.25) is 5.76 Å². The third-order valence-electron chi connectivity index (χ3n) is 1.78. The molecule has 0 spiro atoms. The highest BCUT2D eigenvalue weighted by Crippen LogP contribution is 2.16. The number of fused-ring (bicyclic) bond motifs is 1. The Balaban J connectivity index is 2.83. The first-order chi connectivity index (χ1) is 6.58. The predicted molar refractivity (Wildman–Crippen MR) is 46.4 cm³/mol. The predicted octanol–water partition coefficient (Wildman–Crippen LogP) is 1.39. The molecule has 0 aliphatic heterocycles. The van der Waals surface area contributed by atoms with Gasteiger partial charge in [-0.2, -0.15) is 0 Å². The molecule has 2 heterocycles. The van der Waals surface area contributed by atoms with Gasteiger partial charge in [-0.15, -0.1) is 0 Å². The summed E-state index contributed by atoms with van der Waals surface area (Å²) in [4.78, 5) is 21.8.